The van der Waals surface area contributed by atoms with E-state index < -0.39 is 10.8 Å². The van der Waals surface area contributed by atoms with Crippen LogP contribution in [-0.2, 0) is 11.3 Å². The molecule has 0 aliphatic heterocycles. The maximum atomic E-state index is 12.8. The minimum Gasteiger partial charge on any atom is -0.455 e. The van der Waals surface area contributed by atoms with Crippen LogP contribution in [0, 0.1) is 17.0 Å². The predicted octanol–water partition coefficient (Wildman–Crippen LogP) is 4.78. The molecule has 0 bridgehead atoms. The van der Waals surface area contributed by atoms with Gasteiger partial charge in [0.2, 0.25) is 0 Å². The molecule has 0 spiro atoms. The first-order chi connectivity index (χ1) is 17.4. The van der Waals surface area contributed by atoms with Gasteiger partial charge in [0.15, 0.2) is 5.43 Å². The third kappa shape index (κ3) is 4.25. The number of hydrogen-bond donors (Lipinski definition) is 1. The van der Waals surface area contributed by atoms with Gasteiger partial charge < -0.3 is 8.98 Å². The number of carbonyl (C=O) groups excluding carboxylic acids is 1. The van der Waals surface area contributed by atoms with Crippen LogP contribution >= 0.6 is 0 Å². The van der Waals surface area contributed by atoms with Gasteiger partial charge in [0, 0.05) is 16.8 Å². The summed E-state index contributed by atoms with van der Waals surface area (Å²) in [5.41, 5.74) is 4.75. The number of para-hydroxylation sites is 2. The number of aromatic nitrogens is 1. The fourth-order valence-electron chi connectivity index (χ4n) is 4.16. The molecule has 36 heavy (non-hydrogen) atoms. The van der Waals surface area contributed by atoms with Gasteiger partial charge >= 0.3 is 0 Å². The molecule has 2 heterocycles. The molecule has 0 fully saturated rings. The minimum absolute atomic E-state index is 0.0540. The molecule has 3 aromatic carbocycles. The highest BCUT2D eigenvalue weighted by Crippen LogP contribution is 2.31. The molecule has 5 rings (SSSR count). The summed E-state index contributed by atoms with van der Waals surface area (Å²) in [4.78, 5) is 36.5. The predicted molar refractivity (Wildman–Crippen MR) is 137 cm³/mol. The largest absolute Gasteiger partial charge is 0.455 e. The van der Waals surface area contributed by atoms with E-state index in [-0.39, 0.29) is 17.7 Å². The second-order valence-corrected chi connectivity index (χ2v) is 8.22. The number of pyridine rings is 1. The zero-order valence-electron chi connectivity index (χ0n) is 19.2. The van der Waals surface area contributed by atoms with Crippen molar-refractivity contribution < 1.29 is 14.1 Å². The summed E-state index contributed by atoms with van der Waals surface area (Å²) in [6.45, 7) is 1.72. The standard InChI is InChI=1S/C27H20N4O5/c1-17-10-12-19(24(14-17)31(34)35)25-13-11-18(36-25)15-28-29-26(32)16-30-22-8-4-2-6-20(22)27(33)21-7-3-5-9-23(21)30/h2-15H,16H2,1H3,(H,29,32). The number of rotatable bonds is 6. The van der Waals surface area contributed by atoms with Crippen molar-refractivity contribution in [3.63, 3.8) is 0 Å². The molecule has 0 aliphatic carbocycles. The first-order valence-electron chi connectivity index (χ1n) is 11.1. The Balaban J connectivity index is 1.36. The Morgan fingerprint density at radius 3 is 2.36 bits per heavy atom. The first kappa shape index (κ1) is 22.7. The second-order valence-electron chi connectivity index (χ2n) is 8.22. The lowest BCUT2D eigenvalue weighted by atomic mass is 10.1. The monoisotopic (exact) mass is 480 g/mol. The number of benzene rings is 3. The van der Waals surface area contributed by atoms with Crippen molar-refractivity contribution in [2.45, 2.75) is 13.5 Å². The third-order valence-electron chi connectivity index (χ3n) is 5.80. The Morgan fingerprint density at radius 2 is 1.69 bits per heavy atom. The van der Waals surface area contributed by atoms with Crippen molar-refractivity contribution in [1.82, 2.24) is 9.99 Å². The number of fused-ring (bicyclic) bond motifs is 2. The maximum Gasteiger partial charge on any atom is 0.280 e. The molecule has 0 aliphatic rings. The first-order valence-corrected chi connectivity index (χ1v) is 11.1. The van der Waals surface area contributed by atoms with E-state index in [1.165, 1.54) is 12.3 Å². The van der Waals surface area contributed by atoms with Crippen LogP contribution in [0.25, 0.3) is 33.1 Å². The second kappa shape index (κ2) is 9.30. The molecular formula is C27H20N4O5. The molecule has 0 atom stereocenters. The Hall–Kier alpha value is -5.05. The molecular weight excluding hydrogens is 460 g/mol. The molecule has 9 nitrogen and oxygen atoms in total. The number of hydrogen-bond acceptors (Lipinski definition) is 6. The van der Waals surface area contributed by atoms with E-state index >= 15 is 0 Å². The van der Waals surface area contributed by atoms with Crippen LogP contribution in [-0.4, -0.2) is 21.6 Å². The van der Waals surface area contributed by atoms with Gasteiger partial charge in [-0.15, -0.1) is 0 Å². The summed E-state index contributed by atoms with van der Waals surface area (Å²) in [7, 11) is 0. The maximum absolute atomic E-state index is 12.8. The molecule has 0 unspecified atom stereocenters. The molecule has 1 amide bonds. The Morgan fingerprint density at radius 1 is 1.03 bits per heavy atom. The molecule has 0 radical (unpaired) electrons. The highest BCUT2D eigenvalue weighted by Gasteiger charge is 2.18. The average molecular weight is 480 g/mol. The Kier molecular flexibility index (Phi) is 5.87. The number of furan rings is 1. The molecule has 1 N–H and O–H groups in total. The highest BCUT2D eigenvalue weighted by atomic mass is 16.6. The zero-order valence-corrected chi connectivity index (χ0v) is 19.2. The van der Waals surface area contributed by atoms with Gasteiger partial charge in [-0.3, -0.25) is 19.7 Å². The van der Waals surface area contributed by atoms with E-state index in [1.807, 2.05) is 12.1 Å². The van der Waals surface area contributed by atoms with Crippen molar-refractivity contribution >= 4 is 39.6 Å². The van der Waals surface area contributed by atoms with Gasteiger partial charge in [0.05, 0.1) is 27.7 Å². The minimum atomic E-state index is -0.455. The van der Waals surface area contributed by atoms with Crippen LogP contribution in [0.5, 0.6) is 0 Å². The molecule has 9 heteroatoms. The van der Waals surface area contributed by atoms with Gasteiger partial charge in [-0.1, -0.05) is 30.3 Å². The van der Waals surface area contributed by atoms with Crippen LogP contribution < -0.4 is 10.9 Å². The highest BCUT2D eigenvalue weighted by molar-refractivity contribution is 5.95. The lowest BCUT2D eigenvalue weighted by Gasteiger charge is -2.14. The lowest BCUT2D eigenvalue weighted by molar-refractivity contribution is -0.384. The van der Waals surface area contributed by atoms with Crippen LogP contribution in [0.3, 0.4) is 0 Å². The fourth-order valence-corrected chi connectivity index (χ4v) is 4.16. The van der Waals surface area contributed by atoms with E-state index in [0.29, 0.717) is 38.9 Å². The smallest absolute Gasteiger partial charge is 0.280 e. The molecule has 0 saturated carbocycles. The number of hydrazone groups is 1. The van der Waals surface area contributed by atoms with E-state index in [1.54, 1.807) is 72.2 Å². The van der Waals surface area contributed by atoms with Crippen LogP contribution in [0.4, 0.5) is 5.69 Å². The Labute approximate surface area is 204 Å². The number of carbonyl (C=O) groups is 1. The summed E-state index contributed by atoms with van der Waals surface area (Å²) in [5, 5.41) is 16.4. The van der Waals surface area contributed by atoms with Crippen molar-refractivity contribution in [3.8, 4) is 11.3 Å². The summed E-state index contributed by atoms with van der Waals surface area (Å²) >= 11 is 0. The van der Waals surface area contributed by atoms with Gasteiger partial charge in [-0.25, -0.2) is 5.43 Å². The van der Waals surface area contributed by atoms with Gasteiger partial charge in [-0.05, 0) is 55.0 Å². The fraction of sp³-hybridized carbons (Fsp3) is 0.0741. The Bertz CT molecular complexity index is 1670. The van der Waals surface area contributed by atoms with E-state index in [4.69, 9.17) is 4.42 Å². The summed E-state index contributed by atoms with van der Waals surface area (Å²) in [6.07, 6.45) is 1.32. The normalized spacial score (nSPS) is 11.4. The molecule has 5 aromatic rings. The van der Waals surface area contributed by atoms with Gasteiger partial charge in [-0.2, -0.15) is 5.10 Å². The molecule has 0 saturated heterocycles. The third-order valence-corrected chi connectivity index (χ3v) is 5.80. The van der Waals surface area contributed by atoms with Crippen molar-refractivity contribution in [2.75, 3.05) is 0 Å². The van der Waals surface area contributed by atoms with E-state index in [9.17, 15) is 19.7 Å². The number of nitro benzene ring substituents is 1. The quantitative estimate of drug-likeness (QED) is 0.162. The lowest BCUT2D eigenvalue weighted by Crippen LogP contribution is -2.25. The number of nitrogens with one attached hydrogen (secondary N) is 1. The number of nitro groups is 1. The SMILES string of the molecule is Cc1ccc(-c2ccc(C=NNC(=O)Cn3c4ccccc4c(=O)c4ccccc43)o2)c([N+](=O)[O-])c1. The summed E-state index contributed by atoms with van der Waals surface area (Å²) < 4.78 is 7.46. The topological polar surface area (TPSA) is 120 Å². The van der Waals surface area contributed by atoms with E-state index in [0.717, 1.165) is 5.56 Å². The molecule has 2 aromatic heterocycles. The van der Waals surface area contributed by atoms with Crippen molar-refractivity contribution in [1.29, 1.82) is 0 Å². The summed E-state index contributed by atoms with van der Waals surface area (Å²) in [6, 6.07) is 22.4. The zero-order chi connectivity index (χ0) is 25.2. The summed E-state index contributed by atoms with van der Waals surface area (Å²) in [5.74, 6) is 0.242. The van der Waals surface area contributed by atoms with Gasteiger partial charge in [0.1, 0.15) is 18.1 Å². The number of amides is 1. The van der Waals surface area contributed by atoms with Crippen molar-refractivity contribution in [3.05, 3.63) is 111 Å². The average Bonchev–Trinajstić information content (AvgIpc) is 3.35. The van der Waals surface area contributed by atoms with Crippen LogP contribution in [0.2, 0.25) is 0 Å². The van der Waals surface area contributed by atoms with Gasteiger partial charge in [0.25, 0.3) is 11.6 Å². The number of aryl methyl sites for hydroxylation is 1. The molecule has 178 valence electrons. The van der Waals surface area contributed by atoms with Crippen LogP contribution in [0.15, 0.2) is 93.2 Å². The van der Waals surface area contributed by atoms with Crippen LogP contribution in [0.1, 0.15) is 11.3 Å². The number of nitrogens with zero attached hydrogens (tertiary/aromatic N) is 3. The van der Waals surface area contributed by atoms with E-state index in [2.05, 4.69) is 10.5 Å². The van der Waals surface area contributed by atoms with Crippen molar-refractivity contribution in [2.24, 2.45) is 5.10 Å².